The molecule has 1 amide bonds. The first kappa shape index (κ1) is 15.5. The van der Waals surface area contributed by atoms with Crippen LogP contribution in [0, 0.1) is 11.8 Å². The highest BCUT2D eigenvalue weighted by Gasteiger charge is 2.29. The van der Waals surface area contributed by atoms with Gasteiger partial charge in [-0.1, -0.05) is 0 Å². The summed E-state index contributed by atoms with van der Waals surface area (Å²) in [6, 6.07) is 0.978. The van der Waals surface area contributed by atoms with E-state index in [1.807, 2.05) is 7.05 Å². The zero-order chi connectivity index (χ0) is 14.5. The number of nitrogens with one attached hydrogen (secondary N) is 2. The summed E-state index contributed by atoms with van der Waals surface area (Å²) in [6.07, 6.45) is 7.99. The molecule has 2 aliphatic carbocycles. The van der Waals surface area contributed by atoms with Crippen molar-refractivity contribution in [2.24, 2.45) is 11.8 Å². The van der Waals surface area contributed by atoms with Crippen LogP contribution in [0.2, 0.25) is 0 Å². The van der Waals surface area contributed by atoms with Gasteiger partial charge < -0.3 is 10.6 Å². The van der Waals surface area contributed by atoms with Crippen molar-refractivity contribution in [1.82, 2.24) is 10.6 Å². The van der Waals surface area contributed by atoms with Crippen LogP contribution in [-0.2, 0) is 9.59 Å². The van der Waals surface area contributed by atoms with E-state index in [0.29, 0.717) is 30.2 Å². The zero-order valence-electron chi connectivity index (χ0n) is 12.8. The normalized spacial score (nSPS) is 33.9. The number of hydrogen-bond acceptors (Lipinski definition) is 3. The molecule has 2 fully saturated rings. The van der Waals surface area contributed by atoms with Crippen LogP contribution in [-0.4, -0.2) is 30.8 Å². The van der Waals surface area contributed by atoms with Gasteiger partial charge in [0, 0.05) is 24.4 Å². The van der Waals surface area contributed by atoms with Crippen molar-refractivity contribution < 1.29 is 9.59 Å². The predicted molar refractivity (Wildman–Crippen MR) is 79.4 cm³/mol. The fraction of sp³-hybridized carbons (Fsp3) is 0.875. The molecule has 0 radical (unpaired) electrons. The Morgan fingerprint density at radius 1 is 1.00 bits per heavy atom. The maximum atomic E-state index is 12.1. The highest BCUT2D eigenvalue weighted by Crippen LogP contribution is 2.33. The topological polar surface area (TPSA) is 58.2 Å². The fourth-order valence-electron chi connectivity index (χ4n) is 3.70. The van der Waals surface area contributed by atoms with Gasteiger partial charge in [0.15, 0.2) is 0 Å². The molecule has 2 unspecified atom stereocenters. The molecule has 2 N–H and O–H groups in total. The molecule has 4 nitrogen and oxygen atoms in total. The summed E-state index contributed by atoms with van der Waals surface area (Å²) in [5.74, 6) is 1.10. The van der Waals surface area contributed by atoms with Crippen LogP contribution in [0.1, 0.15) is 58.3 Å². The Labute approximate surface area is 122 Å². The third-order valence-electron chi connectivity index (χ3n) is 5.09. The van der Waals surface area contributed by atoms with E-state index in [1.165, 1.54) is 0 Å². The van der Waals surface area contributed by atoms with Crippen molar-refractivity contribution in [3.63, 3.8) is 0 Å². The van der Waals surface area contributed by atoms with E-state index < -0.39 is 0 Å². The van der Waals surface area contributed by atoms with Gasteiger partial charge in [-0.3, -0.25) is 9.59 Å². The average Bonchev–Trinajstić information content (AvgIpc) is 2.88. The number of carbonyl (C=O) groups excluding carboxylic acids is 2. The molecule has 2 atom stereocenters. The van der Waals surface area contributed by atoms with Crippen LogP contribution in [0.4, 0.5) is 0 Å². The molecule has 0 saturated heterocycles. The summed E-state index contributed by atoms with van der Waals surface area (Å²) < 4.78 is 0. The van der Waals surface area contributed by atoms with E-state index in [4.69, 9.17) is 0 Å². The molecule has 2 rings (SSSR count). The van der Waals surface area contributed by atoms with Gasteiger partial charge in [-0.25, -0.2) is 0 Å². The Morgan fingerprint density at radius 3 is 2.20 bits per heavy atom. The summed E-state index contributed by atoms with van der Waals surface area (Å²) in [5, 5.41) is 6.49. The molecule has 0 aliphatic heterocycles. The smallest absolute Gasteiger partial charge is 0.220 e. The van der Waals surface area contributed by atoms with Crippen LogP contribution in [0.3, 0.4) is 0 Å². The van der Waals surface area contributed by atoms with Crippen LogP contribution >= 0.6 is 0 Å². The first-order valence-corrected chi connectivity index (χ1v) is 8.05. The van der Waals surface area contributed by atoms with Crippen molar-refractivity contribution >= 4 is 11.7 Å². The van der Waals surface area contributed by atoms with Gasteiger partial charge in [-0.2, -0.15) is 0 Å². The average molecular weight is 280 g/mol. The molecule has 0 spiro atoms. The molecule has 4 heteroatoms. The Bertz CT molecular complexity index is 348. The standard InChI is InChI=1S/C16H28N2O2/c1-11(19)13-4-3-12(9-13)10-16(20)18-15-7-5-14(17-2)6-8-15/h12-15,17H,3-10H2,1-2H3,(H,18,20). The molecule has 20 heavy (non-hydrogen) atoms. The minimum atomic E-state index is 0.187. The quantitative estimate of drug-likeness (QED) is 0.810. The van der Waals surface area contributed by atoms with E-state index in [0.717, 1.165) is 44.9 Å². The van der Waals surface area contributed by atoms with Gasteiger partial charge >= 0.3 is 0 Å². The van der Waals surface area contributed by atoms with Crippen molar-refractivity contribution in [2.45, 2.75) is 70.4 Å². The number of Topliss-reactive ketones (excluding diaryl/α,β-unsaturated/α-hetero) is 1. The molecule has 0 aromatic carbocycles. The molecular formula is C16H28N2O2. The summed E-state index contributed by atoms with van der Waals surface area (Å²) >= 11 is 0. The third kappa shape index (κ3) is 4.30. The van der Waals surface area contributed by atoms with Gasteiger partial charge in [-0.05, 0) is 64.8 Å². The van der Waals surface area contributed by atoms with Crippen molar-refractivity contribution in [3.05, 3.63) is 0 Å². The highest BCUT2D eigenvalue weighted by atomic mass is 16.1. The van der Waals surface area contributed by atoms with E-state index >= 15 is 0 Å². The van der Waals surface area contributed by atoms with Gasteiger partial charge in [0.05, 0.1) is 0 Å². The second-order valence-electron chi connectivity index (χ2n) is 6.60. The van der Waals surface area contributed by atoms with E-state index in [-0.39, 0.29) is 11.8 Å². The summed E-state index contributed by atoms with van der Waals surface area (Å²) in [7, 11) is 2.01. The molecule has 2 saturated carbocycles. The van der Waals surface area contributed by atoms with Crippen molar-refractivity contribution in [2.75, 3.05) is 7.05 Å². The maximum Gasteiger partial charge on any atom is 0.220 e. The fourth-order valence-corrected chi connectivity index (χ4v) is 3.70. The van der Waals surface area contributed by atoms with Crippen LogP contribution in [0.25, 0.3) is 0 Å². The second-order valence-corrected chi connectivity index (χ2v) is 6.60. The number of rotatable bonds is 5. The number of amides is 1. The minimum absolute atomic E-state index is 0.187. The minimum Gasteiger partial charge on any atom is -0.353 e. The first-order valence-electron chi connectivity index (χ1n) is 8.05. The third-order valence-corrected chi connectivity index (χ3v) is 5.09. The maximum absolute atomic E-state index is 12.1. The molecular weight excluding hydrogens is 252 g/mol. The predicted octanol–water partition coefficient (Wildman–Crippen LogP) is 2.03. The Morgan fingerprint density at radius 2 is 1.65 bits per heavy atom. The molecule has 114 valence electrons. The Balaban J connectivity index is 1.67. The van der Waals surface area contributed by atoms with E-state index in [9.17, 15) is 9.59 Å². The molecule has 0 aromatic heterocycles. The van der Waals surface area contributed by atoms with Gasteiger partial charge in [0.25, 0.3) is 0 Å². The zero-order valence-corrected chi connectivity index (χ0v) is 12.8. The molecule has 0 heterocycles. The molecule has 0 bridgehead atoms. The lowest BCUT2D eigenvalue weighted by molar-refractivity contribution is -0.123. The van der Waals surface area contributed by atoms with Crippen molar-refractivity contribution in [1.29, 1.82) is 0 Å². The van der Waals surface area contributed by atoms with E-state index in [2.05, 4.69) is 10.6 Å². The van der Waals surface area contributed by atoms with Gasteiger partial charge in [0.1, 0.15) is 5.78 Å². The summed E-state index contributed by atoms with van der Waals surface area (Å²) in [5.41, 5.74) is 0. The molecule has 2 aliphatic rings. The monoisotopic (exact) mass is 280 g/mol. The Kier molecular flexibility index (Phi) is 5.58. The first-order chi connectivity index (χ1) is 9.58. The lowest BCUT2D eigenvalue weighted by Crippen LogP contribution is -2.41. The number of hydrogen-bond donors (Lipinski definition) is 2. The summed E-state index contributed by atoms with van der Waals surface area (Å²) in [6.45, 7) is 1.67. The Hall–Kier alpha value is -0.900. The van der Waals surface area contributed by atoms with E-state index in [1.54, 1.807) is 6.92 Å². The number of ketones is 1. The molecule has 0 aromatic rings. The largest absolute Gasteiger partial charge is 0.353 e. The highest BCUT2D eigenvalue weighted by molar-refractivity contribution is 5.79. The summed E-state index contributed by atoms with van der Waals surface area (Å²) in [4.78, 5) is 23.4. The number of carbonyl (C=O) groups is 2. The van der Waals surface area contributed by atoms with Gasteiger partial charge in [-0.15, -0.1) is 0 Å². The van der Waals surface area contributed by atoms with Crippen LogP contribution in [0.5, 0.6) is 0 Å². The van der Waals surface area contributed by atoms with Gasteiger partial charge in [0.2, 0.25) is 5.91 Å². The second kappa shape index (κ2) is 7.21. The van der Waals surface area contributed by atoms with Crippen molar-refractivity contribution in [3.8, 4) is 0 Å². The SMILES string of the molecule is CNC1CCC(NC(=O)CC2CCC(C(C)=O)C2)CC1. The van der Waals surface area contributed by atoms with Crippen LogP contribution < -0.4 is 10.6 Å². The lowest BCUT2D eigenvalue weighted by atomic mass is 9.91. The lowest BCUT2D eigenvalue weighted by Gasteiger charge is -2.29. The van der Waals surface area contributed by atoms with Crippen LogP contribution in [0.15, 0.2) is 0 Å².